The summed E-state index contributed by atoms with van der Waals surface area (Å²) in [6.45, 7) is 0. The second-order valence-corrected chi connectivity index (χ2v) is 6.51. The van der Waals surface area contributed by atoms with Crippen molar-refractivity contribution in [2.45, 2.75) is 18.8 Å². The monoisotopic (exact) mass is 345 g/mol. The first-order chi connectivity index (χ1) is 12.7. The molecule has 128 valence electrons. The second kappa shape index (κ2) is 5.56. The van der Waals surface area contributed by atoms with E-state index in [9.17, 15) is 9.59 Å². The number of Topliss-reactive ketones (excluding diaryl/α,β-unsaturated/α-hetero) is 1. The number of pyridine rings is 1. The quantitative estimate of drug-likeness (QED) is 0.605. The highest BCUT2D eigenvalue weighted by atomic mass is 16.3. The van der Waals surface area contributed by atoms with Crippen molar-refractivity contribution in [3.05, 3.63) is 82.2 Å². The van der Waals surface area contributed by atoms with Gasteiger partial charge in [-0.15, -0.1) is 0 Å². The minimum Gasteiger partial charge on any atom is -0.469 e. The highest BCUT2D eigenvalue weighted by Gasteiger charge is 2.31. The molecule has 6 nitrogen and oxygen atoms in total. The molecule has 0 spiro atoms. The number of carbonyl (C=O) groups is 1. The maximum Gasteiger partial charge on any atom is 0.281 e. The van der Waals surface area contributed by atoms with Crippen molar-refractivity contribution in [3.8, 4) is 5.69 Å². The van der Waals surface area contributed by atoms with Crippen molar-refractivity contribution in [1.82, 2.24) is 14.8 Å². The first-order valence-corrected chi connectivity index (χ1v) is 8.47. The summed E-state index contributed by atoms with van der Waals surface area (Å²) in [4.78, 5) is 30.0. The number of fused-ring (bicyclic) bond motifs is 3. The van der Waals surface area contributed by atoms with E-state index in [1.54, 1.807) is 12.5 Å². The Morgan fingerprint density at radius 1 is 1.08 bits per heavy atom. The molecular weight excluding hydrogens is 330 g/mol. The third kappa shape index (κ3) is 2.15. The molecule has 4 aromatic rings. The van der Waals surface area contributed by atoms with Crippen LogP contribution >= 0.6 is 0 Å². The number of benzene rings is 1. The Hall–Kier alpha value is -3.41. The van der Waals surface area contributed by atoms with Gasteiger partial charge in [0.2, 0.25) is 0 Å². The highest BCUT2D eigenvalue weighted by molar-refractivity contribution is 6.02. The van der Waals surface area contributed by atoms with Crippen molar-refractivity contribution in [1.29, 1.82) is 0 Å². The standard InChI is InChI=1S/C20H15N3O3/c24-16-10-12(17-7-4-8-26-17)9-14-15(16)11-21-19-18(14)20(25)23(22-19)13-5-2-1-3-6-13/h1-8,11-12H,9-10H2,(H,21,22)/t12-/m1/s1. The summed E-state index contributed by atoms with van der Waals surface area (Å²) in [5.41, 5.74) is 2.32. The number of hydrogen-bond donors (Lipinski definition) is 1. The number of H-pyrrole nitrogens is 1. The molecule has 26 heavy (non-hydrogen) atoms. The topological polar surface area (TPSA) is 80.9 Å². The maximum atomic E-state index is 13.1. The van der Waals surface area contributed by atoms with Gasteiger partial charge in [-0.2, -0.15) is 0 Å². The lowest BCUT2D eigenvalue weighted by Crippen LogP contribution is -2.21. The van der Waals surface area contributed by atoms with Gasteiger partial charge < -0.3 is 4.42 Å². The molecule has 0 saturated carbocycles. The Morgan fingerprint density at radius 2 is 1.92 bits per heavy atom. The Kier molecular flexibility index (Phi) is 3.18. The number of nitrogens with one attached hydrogen (secondary N) is 1. The fourth-order valence-corrected chi connectivity index (χ4v) is 3.72. The first kappa shape index (κ1) is 14.9. The van der Waals surface area contributed by atoms with E-state index in [1.807, 2.05) is 42.5 Å². The van der Waals surface area contributed by atoms with E-state index in [1.165, 1.54) is 4.68 Å². The number of nitrogens with zero attached hydrogens (tertiary/aromatic N) is 2. The van der Waals surface area contributed by atoms with Gasteiger partial charge in [0.15, 0.2) is 11.4 Å². The van der Waals surface area contributed by atoms with Crippen molar-refractivity contribution in [2.24, 2.45) is 0 Å². The molecule has 1 N–H and O–H groups in total. The van der Waals surface area contributed by atoms with Crippen molar-refractivity contribution in [3.63, 3.8) is 0 Å². The van der Waals surface area contributed by atoms with Crippen LogP contribution in [0.2, 0.25) is 0 Å². The van der Waals surface area contributed by atoms with Crippen LogP contribution in [0.4, 0.5) is 0 Å². The number of hydrogen-bond acceptors (Lipinski definition) is 4. The van der Waals surface area contributed by atoms with Gasteiger partial charge in [0.25, 0.3) is 5.56 Å². The Balaban J connectivity index is 1.72. The van der Waals surface area contributed by atoms with Gasteiger partial charge >= 0.3 is 0 Å². The summed E-state index contributed by atoms with van der Waals surface area (Å²) in [7, 11) is 0. The number of furan rings is 1. The fourth-order valence-electron chi connectivity index (χ4n) is 3.72. The molecule has 0 aliphatic heterocycles. The minimum absolute atomic E-state index is 0.00564. The molecule has 0 saturated heterocycles. The van der Waals surface area contributed by atoms with Gasteiger partial charge in [-0.1, -0.05) is 18.2 Å². The number of rotatable bonds is 2. The molecule has 3 heterocycles. The van der Waals surface area contributed by atoms with E-state index in [0.29, 0.717) is 29.4 Å². The average Bonchev–Trinajstić information content (AvgIpc) is 3.31. The third-order valence-electron chi connectivity index (χ3n) is 4.96. The van der Waals surface area contributed by atoms with Crippen LogP contribution in [0.1, 0.15) is 34.0 Å². The SMILES string of the molecule is O=C1C[C@H](c2ccco2)Cc2c1cnc1[nH]n(-c3ccccc3)c(=O)c21. The minimum atomic E-state index is -0.191. The summed E-state index contributed by atoms with van der Waals surface area (Å²) in [6.07, 6.45) is 4.13. The van der Waals surface area contributed by atoms with E-state index >= 15 is 0 Å². The number of aromatic nitrogens is 3. The summed E-state index contributed by atoms with van der Waals surface area (Å²) in [6, 6.07) is 13.0. The lowest BCUT2D eigenvalue weighted by Gasteiger charge is -2.21. The van der Waals surface area contributed by atoms with Gasteiger partial charge in [0, 0.05) is 24.1 Å². The van der Waals surface area contributed by atoms with E-state index in [4.69, 9.17) is 4.42 Å². The Morgan fingerprint density at radius 3 is 2.69 bits per heavy atom. The van der Waals surface area contributed by atoms with Crippen LogP contribution in [0.15, 0.2) is 64.1 Å². The zero-order valence-corrected chi connectivity index (χ0v) is 13.8. The number of para-hydroxylation sites is 1. The van der Waals surface area contributed by atoms with Gasteiger partial charge in [-0.3, -0.25) is 14.7 Å². The molecule has 6 heteroatoms. The van der Waals surface area contributed by atoms with Gasteiger partial charge in [-0.25, -0.2) is 9.67 Å². The lowest BCUT2D eigenvalue weighted by molar-refractivity contribution is 0.0960. The van der Waals surface area contributed by atoms with Crippen LogP contribution in [-0.2, 0) is 6.42 Å². The summed E-state index contributed by atoms with van der Waals surface area (Å²) >= 11 is 0. The highest BCUT2D eigenvalue weighted by Crippen LogP contribution is 2.34. The predicted molar refractivity (Wildman–Crippen MR) is 95.8 cm³/mol. The number of ketones is 1. The smallest absolute Gasteiger partial charge is 0.281 e. The van der Waals surface area contributed by atoms with Crippen LogP contribution in [-0.4, -0.2) is 20.5 Å². The molecule has 0 radical (unpaired) electrons. The normalized spacial score (nSPS) is 16.8. The second-order valence-electron chi connectivity index (χ2n) is 6.51. The van der Waals surface area contributed by atoms with Crippen LogP contribution < -0.4 is 5.56 Å². The zero-order chi connectivity index (χ0) is 17.7. The molecule has 0 fully saturated rings. The molecule has 1 aliphatic carbocycles. The third-order valence-corrected chi connectivity index (χ3v) is 4.96. The predicted octanol–water partition coefficient (Wildman–Crippen LogP) is 3.22. The lowest BCUT2D eigenvalue weighted by atomic mass is 9.81. The van der Waals surface area contributed by atoms with Crippen LogP contribution in [0.3, 0.4) is 0 Å². The molecule has 1 atom stereocenters. The van der Waals surface area contributed by atoms with Crippen molar-refractivity contribution < 1.29 is 9.21 Å². The Labute approximate surface area is 148 Å². The summed E-state index contributed by atoms with van der Waals surface area (Å²) in [5, 5.41) is 3.54. The van der Waals surface area contributed by atoms with Crippen LogP contribution in [0, 0.1) is 0 Å². The molecule has 5 rings (SSSR count). The first-order valence-electron chi connectivity index (χ1n) is 8.47. The molecule has 0 amide bonds. The van der Waals surface area contributed by atoms with Crippen molar-refractivity contribution in [2.75, 3.05) is 0 Å². The number of carbonyl (C=O) groups excluding carboxylic acids is 1. The van der Waals surface area contributed by atoms with Gasteiger partial charge in [0.05, 0.1) is 17.3 Å². The zero-order valence-electron chi connectivity index (χ0n) is 13.8. The molecule has 3 aromatic heterocycles. The van der Waals surface area contributed by atoms with E-state index in [0.717, 1.165) is 17.0 Å². The summed E-state index contributed by atoms with van der Waals surface area (Å²) < 4.78 is 6.97. The van der Waals surface area contributed by atoms with Gasteiger partial charge in [-0.05, 0) is 36.2 Å². The summed E-state index contributed by atoms with van der Waals surface area (Å²) in [5.74, 6) is 0.705. The molecule has 1 aromatic carbocycles. The van der Waals surface area contributed by atoms with Crippen LogP contribution in [0.25, 0.3) is 16.7 Å². The molecular formula is C20H15N3O3. The largest absolute Gasteiger partial charge is 0.469 e. The van der Waals surface area contributed by atoms with E-state index in [-0.39, 0.29) is 17.3 Å². The Bertz CT molecular complexity index is 1170. The maximum absolute atomic E-state index is 13.1. The van der Waals surface area contributed by atoms with Crippen molar-refractivity contribution >= 4 is 16.8 Å². The fraction of sp³-hybridized carbons (Fsp3) is 0.150. The van der Waals surface area contributed by atoms with E-state index < -0.39 is 0 Å². The number of aromatic amines is 1. The average molecular weight is 345 g/mol. The van der Waals surface area contributed by atoms with Gasteiger partial charge in [0.1, 0.15) is 5.76 Å². The molecule has 0 unspecified atom stereocenters. The van der Waals surface area contributed by atoms with Crippen LogP contribution in [0.5, 0.6) is 0 Å². The molecule has 0 bridgehead atoms. The molecule has 1 aliphatic rings. The van der Waals surface area contributed by atoms with E-state index in [2.05, 4.69) is 10.1 Å².